The summed E-state index contributed by atoms with van der Waals surface area (Å²) in [5.74, 6) is -1.53. The summed E-state index contributed by atoms with van der Waals surface area (Å²) in [6.45, 7) is 0.218. The lowest BCUT2D eigenvalue weighted by Gasteiger charge is -2.27. The van der Waals surface area contributed by atoms with Crippen LogP contribution in [0.5, 0.6) is 0 Å². The van der Waals surface area contributed by atoms with Crippen molar-refractivity contribution in [2.24, 2.45) is 5.92 Å². The largest absolute Gasteiger partial charge is 0.481 e. The second-order valence-corrected chi connectivity index (χ2v) is 7.75. The fourth-order valence-corrected chi connectivity index (χ4v) is 4.42. The van der Waals surface area contributed by atoms with Crippen molar-refractivity contribution in [3.05, 3.63) is 16.5 Å². The van der Waals surface area contributed by atoms with Gasteiger partial charge in [-0.15, -0.1) is 11.3 Å². The minimum absolute atomic E-state index is 0.0820. The van der Waals surface area contributed by atoms with E-state index in [4.69, 9.17) is 21.4 Å². The Morgan fingerprint density at radius 1 is 1.53 bits per heavy atom. The standard InChI is InChI=1S/C10H12ClNO5S2/c11-7-1-2-9(18-7)19(15,16)12-8-5-6(10(13)14)3-4-17-8/h1-2,6,8,12H,3-5H2,(H,13,14). The molecular weight excluding hydrogens is 314 g/mol. The van der Waals surface area contributed by atoms with E-state index in [2.05, 4.69) is 4.72 Å². The predicted octanol–water partition coefficient (Wildman–Crippen LogP) is 1.52. The molecule has 0 spiro atoms. The van der Waals surface area contributed by atoms with E-state index in [0.717, 1.165) is 11.3 Å². The van der Waals surface area contributed by atoms with Gasteiger partial charge in [0.2, 0.25) is 0 Å². The maximum absolute atomic E-state index is 12.0. The number of sulfonamides is 1. The molecule has 1 aliphatic rings. The quantitative estimate of drug-likeness (QED) is 0.875. The van der Waals surface area contributed by atoms with Gasteiger partial charge in [0.15, 0.2) is 0 Å². The molecule has 2 rings (SSSR count). The predicted molar refractivity (Wildman–Crippen MR) is 69.8 cm³/mol. The molecule has 1 aliphatic heterocycles. The van der Waals surface area contributed by atoms with Crippen molar-refractivity contribution in [1.82, 2.24) is 4.72 Å². The Hall–Kier alpha value is -0.670. The van der Waals surface area contributed by atoms with Crippen LogP contribution in [-0.4, -0.2) is 32.3 Å². The summed E-state index contributed by atoms with van der Waals surface area (Å²) < 4.78 is 32.0. The number of carboxylic acid groups (broad SMARTS) is 1. The number of hydrogen-bond donors (Lipinski definition) is 2. The summed E-state index contributed by atoms with van der Waals surface area (Å²) in [6.07, 6.45) is -0.313. The highest BCUT2D eigenvalue weighted by molar-refractivity contribution is 7.91. The van der Waals surface area contributed by atoms with E-state index >= 15 is 0 Å². The lowest BCUT2D eigenvalue weighted by molar-refractivity contribution is -0.147. The fourth-order valence-electron chi connectivity index (χ4n) is 1.78. The Balaban J connectivity index is 2.06. The van der Waals surface area contributed by atoms with Crippen molar-refractivity contribution in [3.63, 3.8) is 0 Å². The highest BCUT2D eigenvalue weighted by Gasteiger charge is 2.31. The second-order valence-electron chi connectivity index (χ2n) is 4.10. The van der Waals surface area contributed by atoms with Crippen LogP contribution in [0.15, 0.2) is 16.3 Å². The number of halogens is 1. The first-order chi connectivity index (χ1) is 8.88. The monoisotopic (exact) mass is 325 g/mol. The zero-order valence-corrected chi connectivity index (χ0v) is 12.1. The van der Waals surface area contributed by atoms with Crippen LogP contribution in [-0.2, 0) is 19.6 Å². The molecule has 9 heteroatoms. The topological polar surface area (TPSA) is 92.7 Å². The Bertz CT molecular complexity index is 570. The van der Waals surface area contributed by atoms with Crippen LogP contribution in [0.1, 0.15) is 12.8 Å². The Labute approximate surface area is 119 Å². The van der Waals surface area contributed by atoms with Gasteiger partial charge in [0.25, 0.3) is 10.0 Å². The number of ether oxygens (including phenoxy) is 1. The van der Waals surface area contributed by atoms with Crippen LogP contribution in [0.4, 0.5) is 0 Å². The smallest absolute Gasteiger partial charge is 0.306 e. The maximum Gasteiger partial charge on any atom is 0.306 e. The van der Waals surface area contributed by atoms with E-state index in [0.29, 0.717) is 10.8 Å². The zero-order chi connectivity index (χ0) is 14.0. The number of hydrogen-bond acceptors (Lipinski definition) is 5. The number of aliphatic carboxylic acids is 1. The molecule has 6 nitrogen and oxygen atoms in total. The van der Waals surface area contributed by atoms with E-state index < -0.39 is 28.1 Å². The van der Waals surface area contributed by atoms with Gasteiger partial charge in [-0.2, -0.15) is 4.72 Å². The summed E-state index contributed by atoms with van der Waals surface area (Å²) in [7, 11) is -3.72. The van der Waals surface area contributed by atoms with Crippen molar-refractivity contribution in [2.45, 2.75) is 23.3 Å². The van der Waals surface area contributed by atoms with Gasteiger partial charge in [-0.05, 0) is 18.6 Å². The first kappa shape index (κ1) is 14.7. The minimum Gasteiger partial charge on any atom is -0.481 e. The number of nitrogens with one attached hydrogen (secondary N) is 1. The molecular formula is C10H12ClNO5S2. The fraction of sp³-hybridized carbons (Fsp3) is 0.500. The van der Waals surface area contributed by atoms with Gasteiger partial charge in [-0.25, -0.2) is 8.42 Å². The third-order valence-corrected chi connectivity index (χ3v) is 5.91. The first-order valence-corrected chi connectivity index (χ1v) is 8.18. The molecule has 2 heterocycles. The molecule has 0 radical (unpaired) electrons. The molecule has 0 bridgehead atoms. The first-order valence-electron chi connectivity index (χ1n) is 5.50. The molecule has 2 atom stereocenters. The van der Waals surface area contributed by atoms with Gasteiger partial charge in [-0.1, -0.05) is 11.6 Å². The van der Waals surface area contributed by atoms with E-state index in [1.807, 2.05) is 0 Å². The summed E-state index contributed by atoms with van der Waals surface area (Å²) >= 11 is 6.62. The van der Waals surface area contributed by atoms with Crippen molar-refractivity contribution in [1.29, 1.82) is 0 Å². The molecule has 2 unspecified atom stereocenters. The number of carbonyl (C=O) groups is 1. The van der Waals surface area contributed by atoms with E-state index in [1.165, 1.54) is 12.1 Å². The molecule has 1 saturated heterocycles. The van der Waals surface area contributed by atoms with E-state index in [9.17, 15) is 13.2 Å². The lowest BCUT2D eigenvalue weighted by atomic mass is 9.99. The van der Waals surface area contributed by atoms with Crippen molar-refractivity contribution < 1.29 is 23.1 Å². The van der Waals surface area contributed by atoms with Crippen LogP contribution in [0.2, 0.25) is 4.34 Å². The average Bonchev–Trinajstić information content (AvgIpc) is 2.76. The zero-order valence-electron chi connectivity index (χ0n) is 9.71. The molecule has 1 aromatic rings. The van der Waals surface area contributed by atoms with Crippen LogP contribution < -0.4 is 4.72 Å². The molecule has 19 heavy (non-hydrogen) atoms. The van der Waals surface area contributed by atoms with E-state index in [-0.39, 0.29) is 17.2 Å². The van der Waals surface area contributed by atoms with Crippen LogP contribution in [0.3, 0.4) is 0 Å². The Kier molecular flexibility index (Phi) is 4.46. The summed E-state index contributed by atoms with van der Waals surface area (Å²) in [5, 5.41) is 8.93. The molecule has 1 aromatic heterocycles. The summed E-state index contributed by atoms with van der Waals surface area (Å²) in [4.78, 5) is 10.9. The second kappa shape index (κ2) is 5.76. The van der Waals surface area contributed by atoms with Crippen molar-refractivity contribution in [2.75, 3.05) is 6.61 Å². The van der Waals surface area contributed by atoms with E-state index in [1.54, 1.807) is 0 Å². The normalized spacial score (nSPS) is 24.3. The molecule has 106 valence electrons. The van der Waals surface area contributed by atoms with Crippen LogP contribution in [0, 0.1) is 5.92 Å². The molecule has 1 fully saturated rings. The van der Waals surface area contributed by atoms with Gasteiger partial charge in [0, 0.05) is 13.0 Å². The number of carboxylic acids is 1. The molecule has 0 aliphatic carbocycles. The lowest BCUT2D eigenvalue weighted by Crippen LogP contribution is -2.42. The molecule has 2 N–H and O–H groups in total. The van der Waals surface area contributed by atoms with Gasteiger partial charge in [0.1, 0.15) is 10.4 Å². The van der Waals surface area contributed by atoms with Crippen molar-refractivity contribution in [3.8, 4) is 0 Å². The third kappa shape index (κ3) is 3.67. The number of rotatable bonds is 4. The van der Waals surface area contributed by atoms with Gasteiger partial charge < -0.3 is 9.84 Å². The number of thiophene rings is 1. The van der Waals surface area contributed by atoms with Crippen molar-refractivity contribution >= 4 is 38.9 Å². The van der Waals surface area contributed by atoms with Crippen LogP contribution in [0.25, 0.3) is 0 Å². The summed E-state index contributed by atoms with van der Waals surface area (Å²) in [6, 6.07) is 2.88. The average molecular weight is 326 g/mol. The third-order valence-electron chi connectivity index (χ3n) is 2.73. The molecule has 0 amide bonds. The Morgan fingerprint density at radius 3 is 2.84 bits per heavy atom. The molecule has 0 saturated carbocycles. The minimum atomic E-state index is -3.72. The Morgan fingerprint density at radius 2 is 2.26 bits per heavy atom. The van der Waals surface area contributed by atoms with Gasteiger partial charge in [-0.3, -0.25) is 4.79 Å². The highest BCUT2D eigenvalue weighted by atomic mass is 35.5. The van der Waals surface area contributed by atoms with Gasteiger partial charge >= 0.3 is 5.97 Å². The SMILES string of the molecule is O=C(O)C1CCOC(NS(=O)(=O)c2ccc(Cl)s2)C1. The summed E-state index contributed by atoms with van der Waals surface area (Å²) in [5.41, 5.74) is 0. The molecule has 0 aromatic carbocycles. The highest BCUT2D eigenvalue weighted by Crippen LogP contribution is 2.27. The van der Waals surface area contributed by atoms with Crippen LogP contribution >= 0.6 is 22.9 Å². The maximum atomic E-state index is 12.0. The van der Waals surface area contributed by atoms with Gasteiger partial charge in [0.05, 0.1) is 10.3 Å².